The van der Waals surface area contributed by atoms with Crippen molar-refractivity contribution >= 4 is 21.8 Å². The number of halogens is 1. The molecule has 3 rings (SSSR count). The molecule has 1 saturated heterocycles. The highest BCUT2D eigenvalue weighted by Gasteiger charge is 2.32. The molecule has 0 N–H and O–H groups in total. The van der Waals surface area contributed by atoms with Crippen LogP contribution in [0.3, 0.4) is 0 Å². The van der Waals surface area contributed by atoms with E-state index in [2.05, 4.69) is 25.8 Å². The van der Waals surface area contributed by atoms with Crippen molar-refractivity contribution in [3.05, 3.63) is 62.2 Å². The smallest absolute Gasteiger partial charge is 0.272 e. The van der Waals surface area contributed by atoms with Gasteiger partial charge in [0.15, 0.2) is 0 Å². The third kappa shape index (κ3) is 3.73. The Morgan fingerprint density at radius 3 is 2.50 bits per heavy atom. The van der Waals surface area contributed by atoms with Crippen LogP contribution < -0.4 is 5.56 Å². The first-order valence-electron chi connectivity index (χ1n) is 8.70. The zero-order valence-electron chi connectivity index (χ0n) is 15.3. The maximum absolute atomic E-state index is 12.7. The Balaban J connectivity index is 1.83. The summed E-state index contributed by atoms with van der Waals surface area (Å²) >= 11 is 3.33. The minimum Gasteiger partial charge on any atom is -0.340 e. The van der Waals surface area contributed by atoms with E-state index in [1.54, 1.807) is 13.2 Å². The Morgan fingerprint density at radius 1 is 1.15 bits per heavy atom. The normalized spacial score (nSPS) is 18.4. The summed E-state index contributed by atoms with van der Waals surface area (Å²) in [5.74, 6) is 0.150. The van der Waals surface area contributed by atoms with E-state index >= 15 is 0 Å². The molecule has 1 amide bonds. The van der Waals surface area contributed by atoms with Gasteiger partial charge in [0.05, 0.1) is 0 Å². The second-order valence-electron chi connectivity index (χ2n) is 6.65. The van der Waals surface area contributed by atoms with Crippen molar-refractivity contribution in [1.82, 2.24) is 19.4 Å². The van der Waals surface area contributed by atoms with Crippen molar-refractivity contribution in [2.45, 2.75) is 19.4 Å². The van der Waals surface area contributed by atoms with Gasteiger partial charge in [0.25, 0.3) is 5.56 Å². The number of aromatic nitrogens is 2. The minimum atomic E-state index is -0.241. The zero-order valence-corrected chi connectivity index (χ0v) is 16.9. The van der Waals surface area contributed by atoms with Crippen molar-refractivity contribution in [2.24, 2.45) is 7.05 Å². The zero-order chi connectivity index (χ0) is 18.8. The van der Waals surface area contributed by atoms with E-state index in [4.69, 9.17) is 0 Å². The molecule has 0 saturated carbocycles. The van der Waals surface area contributed by atoms with E-state index in [0.29, 0.717) is 16.7 Å². The molecule has 6 nitrogen and oxygen atoms in total. The summed E-state index contributed by atoms with van der Waals surface area (Å²) < 4.78 is 2.16. The number of likely N-dealkylation sites (N-methyl/N-ethyl adjacent to an activating group) is 2. The molecule has 1 aliphatic rings. The van der Waals surface area contributed by atoms with Gasteiger partial charge < -0.3 is 9.47 Å². The van der Waals surface area contributed by atoms with Gasteiger partial charge in [-0.1, -0.05) is 24.3 Å². The second kappa shape index (κ2) is 7.72. The van der Waals surface area contributed by atoms with E-state index in [9.17, 15) is 9.59 Å². The maximum atomic E-state index is 12.7. The fourth-order valence-corrected chi connectivity index (χ4v) is 3.87. The third-order valence-electron chi connectivity index (χ3n) is 4.87. The van der Waals surface area contributed by atoms with E-state index in [-0.39, 0.29) is 17.5 Å². The summed E-state index contributed by atoms with van der Waals surface area (Å²) in [5.41, 5.74) is 2.37. The van der Waals surface area contributed by atoms with Crippen molar-refractivity contribution in [3.8, 4) is 0 Å². The van der Waals surface area contributed by atoms with E-state index in [0.717, 1.165) is 30.8 Å². The summed E-state index contributed by atoms with van der Waals surface area (Å²) in [7, 11) is 3.70. The summed E-state index contributed by atoms with van der Waals surface area (Å²) in [6.07, 6.45) is 2.11. The van der Waals surface area contributed by atoms with Crippen LogP contribution in [0, 0.1) is 0 Å². The average molecular weight is 419 g/mol. The van der Waals surface area contributed by atoms with Gasteiger partial charge in [-0.05, 0) is 41.0 Å². The topological polar surface area (TPSA) is 58.4 Å². The van der Waals surface area contributed by atoms with Crippen LogP contribution >= 0.6 is 15.9 Å². The quantitative estimate of drug-likeness (QED) is 0.761. The number of rotatable bonds is 4. The number of amides is 1. The summed E-state index contributed by atoms with van der Waals surface area (Å²) in [6, 6.07) is 7.67. The lowest BCUT2D eigenvalue weighted by Gasteiger charge is -2.38. The van der Waals surface area contributed by atoms with Crippen molar-refractivity contribution in [3.63, 3.8) is 0 Å². The summed E-state index contributed by atoms with van der Waals surface area (Å²) in [4.78, 5) is 33.2. The van der Waals surface area contributed by atoms with Crippen LogP contribution in [-0.2, 0) is 18.3 Å². The van der Waals surface area contributed by atoms with Gasteiger partial charge in [-0.15, -0.1) is 0 Å². The van der Waals surface area contributed by atoms with Gasteiger partial charge in [0.2, 0.25) is 5.91 Å². The molecular weight excluding hydrogens is 396 g/mol. The second-order valence-corrected chi connectivity index (χ2v) is 7.46. The SMILES string of the molecule is CCN1CCN(C)C(c2ccc(Cc3nc(Br)cn(C)c3=O)cc2)C1=O. The van der Waals surface area contributed by atoms with Crippen LogP contribution in [0.1, 0.15) is 29.8 Å². The molecule has 0 bridgehead atoms. The Morgan fingerprint density at radius 2 is 1.85 bits per heavy atom. The van der Waals surface area contributed by atoms with Crippen LogP contribution in [-0.4, -0.2) is 51.9 Å². The fourth-order valence-electron chi connectivity index (χ4n) is 3.34. The summed E-state index contributed by atoms with van der Waals surface area (Å²) in [6.45, 7) is 4.39. The molecule has 2 aromatic rings. The molecule has 1 fully saturated rings. The molecule has 1 aliphatic heterocycles. The third-order valence-corrected chi connectivity index (χ3v) is 5.25. The molecule has 26 heavy (non-hydrogen) atoms. The molecule has 2 heterocycles. The highest BCUT2D eigenvalue weighted by Crippen LogP contribution is 2.25. The van der Waals surface area contributed by atoms with Crippen LogP contribution in [0.25, 0.3) is 0 Å². The first kappa shape index (κ1) is 18.8. The lowest BCUT2D eigenvalue weighted by Crippen LogP contribution is -2.50. The Kier molecular flexibility index (Phi) is 5.58. The van der Waals surface area contributed by atoms with Gasteiger partial charge >= 0.3 is 0 Å². The number of piperazine rings is 1. The number of carbonyl (C=O) groups is 1. The molecule has 1 atom stereocenters. The van der Waals surface area contributed by atoms with Gasteiger partial charge in [-0.3, -0.25) is 14.5 Å². The van der Waals surface area contributed by atoms with Crippen molar-refractivity contribution in [2.75, 3.05) is 26.7 Å². The standard InChI is InChI=1S/C19H23BrN4O2/c1-4-24-10-9-22(2)17(19(24)26)14-7-5-13(6-8-14)11-15-18(25)23(3)12-16(20)21-15/h5-8,12,17H,4,9-11H2,1-3H3. The molecule has 1 aromatic heterocycles. The molecule has 138 valence electrons. The lowest BCUT2D eigenvalue weighted by molar-refractivity contribution is -0.140. The lowest BCUT2D eigenvalue weighted by atomic mass is 9.99. The van der Waals surface area contributed by atoms with Gasteiger partial charge in [0, 0.05) is 39.3 Å². The number of aryl methyl sites for hydroxylation is 1. The number of hydrogen-bond donors (Lipinski definition) is 0. The monoisotopic (exact) mass is 418 g/mol. The predicted octanol–water partition coefficient (Wildman–Crippen LogP) is 1.97. The Hall–Kier alpha value is -1.99. The highest BCUT2D eigenvalue weighted by atomic mass is 79.9. The van der Waals surface area contributed by atoms with Crippen LogP contribution in [0.2, 0.25) is 0 Å². The van der Waals surface area contributed by atoms with Gasteiger partial charge in [-0.2, -0.15) is 0 Å². The number of carbonyl (C=O) groups excluding carboxylic acids is 1. The number of nitrogens with zero attached hydrogens (tertiary/aromatic N) is 4. The van der Waals surface area contributed by atoms with E-state index < -0.39 is 0 Å². The van der Waals surface area contributed by atoms with Gasteiger partial charge in [-0.25, -0.2) is 4.98 Å². The molecule has 1 unspecified atom stereocenters. The van der Waals surface area contributed by atoms with Crippen LogP contribution in [0.5, 0.6) is 0 Å². The Labute approximate surface area is 161 Å². The maximum Gasteiger partial charge on any atom is 0.272 e. The first-order chi connectivity index (χ1) is 12.4. The molecular formula is C19H23BrN4O2. The fraction of sp³-hybridized carbons (Fsp3) is 0.421. The molecule has 1 aromatic carbocycles. The van der Waals surface area contributed by atoms with Crippen LogP contribution in [0.15, 0.2) is 39.9 Å². The minimum absolute atomic E-state index is 0.0990. The molecule has 0 aliphatic carbocycles. The predicted molar refractivity (Wildman–Crippen MR) is 104 cm³/mol. The number of hydrogen-bond acceptors (Lipinski definition) is 4. The average Bonchev–Trinajstić information content (AvgIpc) is 2.61. The van der Waals surface area contributed by atoms with Gasteiger partial charge in [0.1, 0.15) is 16.3 Å². The molecule has 7 heteroatoms. The highest BCUT2D eigenvalue weighted by molar-refractivity contribution is 9.10. The molecule has 0 spiro atoms. The van der Waals surface area contributed by atoms with E-state index in [1.807, 2.05) is 43.1 Å². The molecule has 0 radical (unpaired) electrons. The largest absolute Gasteiger partial charge is 0.340 e. The summed E-state index contributed by atoms with van der Waals surface area (Å²) in [5, 5.41) is 0. The first-order valence-corrected chi connectivity index (χ1v) is 9.50. The number of benzene rings is 1. The Bertz CT molecular complexity index is 863. The van der Waals surface area contributed by atoms with Crippen molar-refractivity contribution in [1.29, 1.82) is 0 Å². The van der Waals surface area contributed by atoms with Crippen LogP contribution in [0.4, 0.5) is 0 Å². The van der Waals surface area contributed by atoms with E-state index in [1.165, 1.54) is 4.57 Å². The van der Waals surface area contributed by atoms with Crippen molar-refractivity contribution < 1.29 is 4.79 Å².